The Hall–Kier alpha value is -1.71. The molecule has 1 aliphatic rings. The number of amides is 1. The molecule has 2 aromatic rings. The monoisotopic (exact) mass is 354 g/mol. The molecule has 0 unspecified atom stereocenters. The van der Waals surface area contributed by atoms with E-state index >= 15 is 0 Å². The zero-order chi connectivity index (χ0) is 16.4. The average Bonchev–Trinajstić information content (AvgIpc) is 3.25. The molecule has 0 radical (unpaired) electrons. The van der Waals surface area contributed by atoms with Crippen LogP contribution in [-0.2, 0) is 10.0 Å². The fraction of sp³-hybridized carbons (Fsp3) is 0.429. The van der Waals surface area contributed by atoms with Crippen LogP contribution in [0.25, 0.3) is 10.6 Å². The minimum Gasteiger partial charge on any atom is -0.335 e. The second-order valence-corrected chi connectivity index (χ2v) is 8.44. The Balaban J connectivity index is 1.66. The van der Waals surface area contributed by atoms with Crippen LogP contribution in [0.4, 0.5) is 0 Å². The van der Waals surface area contributed by atoms with Crippen LogP contribution in [-0.4, -0.2) is 65.7 Å². The third-order valence-corrected chi connectivity index (χ3v) is 6.65. The van der Waals surface area contributed by atoms with E-state index in [9.17, 15) is 13.2 Å². The van der Waals surface area contributed by atoms with Crippen LogP contribution >= 0.6 is 11.3 Å². The number of sulfonamides is 1. The first-order valence-corrected chi connectivity index (χ1v) is 9.86. The van der Waals surface area contributed by atoms with Gasteiger partial charge in [0.15, 0.2) is 5.69 Å². The highest BCUT2D eigenvalue weighted by atomic mass is 32.2. The van der Waals surface area contributed by atoms with Crippen LogP contribution in [0.3, 0.4) is 0 Å². The lowest BCUT2D eigenvalue weighted by molar-refractivity contribution is 0.0692. The summed E-state index contributed by atoms with van der Waals surface area (Å²) in [6.45, 7) is 3.08. The van der Waals surface area contributed by atoms with Crippen molar-refractivity contribution in [2.75, 3.05) is 31.9 Å². The summed E-state index contributed by atoms with van der Waals surface area (Å²) in [6.07, 6.45) is 0. The first-order valence-electron chi connectivity index (χ1n) is 7.37. The van der Waals surface area contributed by atoms with Gasteiger partial charge in [-0.3, -0.25) is 9.89 Å². The van der Waals surface area contributed by atoms with Gasteiger partial charge in [0.25, 0.3) is 5.91 Å². The highest BCUT2D eigenvalue weighted by Gasteiger charge is 2.29. The van der Waals surface area contributed by atoms with Gasteiger partial charge in [-0.2, -0.15) is 9.40 Å². The predicted molar refractivity (Wildman–Crippen MR) is 88.8 cm³/mol. The van der Waals surface area contributed by atoms with Crippen molar-refractivity contribution in [3.8, 4) is 10.6 Å². The van der Waals surface area contributed by atoms with Crippen molar-refractivity contribution in [3.05, 3.63) is 29.3 Å². The van der Waals surface area contributed by atoms with Gasteiger partial charge in [0.1, 0.15) is 0 Å². The molecule has 1 aliphatic heterocycles. The number of rotatable bonds is 4. The lowest BCUT2D eigenvalue weighted by Gasteiger charge is -2.33. The summed E-state index contributed by atoms with van der Waals surface area (Å²) in [6, 6.07) is 5.64. The van der Waals surface area contributed by atoms with Crippen LogP contribution in [0.2, 0.25) is 0 Å². The first-order chi connectivity index (χ1) is 11.0. The number of thiophene rings is 1. The number of nitrogens with zero attached hydrogens (tertiary/aromatic N) is 3. The van der Waals surface area contributed by atoms with Crippen LogP contribution in [0, 0.1) is 0 Å². The van der Waals surface area contributed by atoms with Crippen molar-refractivity contribution in [2.45, 2.75) is 6.92 Å². The van der Waals surface area contributed by atoms with E-state index in [1.165, 1.54) is 4.31 Å². The van der Waals surface area contributed by atoms with Gasteiger partial charge in [-0.15, -0.1) is 11.3 Å². The van der Waals surface area contributed by atoms with E-state index in [0.717, 1.165) is 10.6 Å². The van der Waals surface area contributed by atoms with E-state index < -0.39 is 10.0 Å². The van der Waals surface area contributed by atoms with Gasteiger partial charge in [0, 0.05) is 26.2 Å². The third kappa shape index (κ3) is 3.31. The van der Waals surface area contributed by atoms with Crippen LogP contribution in [0.15, 0.2) is 23.6 Å². The number of carbonyl (C=O) groups excluding carboxylic acids is 1. The molecular formula is C14H18N4O3S2. The quantitative estimate of drug-likeness (QED) is 0.895. The minimum absolute atomic E-state index is 0.0878. The summed E-state index contributed by atoms with van der Waals surface area (Å²) >= 11 is 1.57. The summed E-state index contributed by atoms with van der Waals surface area (Å²) < 4.78 is 25.1. The second kappa shape index (κ2) is 6.42. The molecule has 124 valence electrons. The lowest BCUT2D eigenvalue weighted by atomic mass is 10.2. The standard InChI is InChI=1S/C14H18N4O3S2/c1-2-23(20,21)18-7-5-17(6-8-18)14(19)12-10-11(15-16-12)13-4-3-9-22-13/h3-4,9-10H,2,5-8H2,1H3,(H,15,16). The molecule has 2 aromatic heterocycles. The Labute approximate surface area is 139 Å². The molecule has 9 heteroatoms. The van der Waals surface area contributed by atoms with Crippen LogP contribution in [0.1, 0.15) is 17.4 Å². The summed E-state index contributed by atoms with van der Waals surface area (Å²) in [7, 11) is -3.19. The van der Waals surface area contributed by atoms with Crippen LogP contribution in [0.5, 0.6) is 0 Å². The van der Waals surface area contributed by atoms with E-state index in [4.69, 9.17) is 0 Å². The molecule has 1 fully saturated rings. The van der Waals surface area contributed by atoms with Crippen molar-refractivity contribution < 1.29 is 13.2 Å². The molecule has 1 amide bonds. The highest BCUT2D eigenvalue weighted by molar-refractivity contribution is 7.89. The Morgan fingerprint density at radius 1 is 1.35 bits per heavy atom. The Morgan fingerprint density at radius 3 is 2.70 bits per heavy atom. The molecule has 0 spiro atoms. The maximum Gasteiger partial charge on any atom is 0.274 e. The maximum absolute atomic E-state index is 12.5. The largest absolute Gasteiger partial charge is 0.335 e. The molecule has 3 heterocycles. The number of aromatic nitrogens is 2. The molecule has 0 saturated carbocycles. The van der Waals surface area contributed by atoms with E-state index in [-0.39, 0.29) is 11.7 Å². The maximum atomic E-state index is 12.5. The molecule has 1 saturated heterocycles. The molecular weight excluding hydrogens is 336 g/mol. The minimum atomic E-state index is -3.19. The lowest BCUT2D eigenvalue weighted by Crippen LogP contribution is -2.50. The third-order valence-electron chi connectivity index (χ3n) is 3.87. The molecule has 23 heavy (non-hydrogen) atoms. The molecule has 0 bridgehead atoms. The number of nitrogens with one attached hydrogen (secondary N) is 1. The number of hydrogen-bond acceptors (Lipinski definition) is 5. The van der Waals surface area contributed by atoms with Gasteiger partial charge in [-0.25, -0.2) is 8.42 Å². The normalized spacial score (nSPS) is 16.7. The summed E-state index contributed by atoms with van der Waals surface area (Å²) in [5.74, 6) is -0.0811. The fourth-order valence-electron chi connectivity index (χ4n) is 2.50. The summed E-state index contributed by atoms with van der Waals surface area (Å²) in [5, 5.41) is 8.93. The molecule has 1 N–H and O–H groups in total. The highest BCUT2D eigenvalue weighted by Crippen LogP contribution is 2.23. The first kappa shape index (κ1) is 16.2. The van der Waals surface area contributed by atoms with E-state index in [2.05, 4.69) is 10.2 Å². The average molecular weight is 354 g/mol. The predicted octanol–water partition coefficient (Wildman–Crippen LogP) is 1.25. The van der Waals surface area contributed by atoms with Gasteiger partial charge < -0.3 is 4.90 Å². The van der Waals surface area contributed by atoms with Crippen molar-refractivity contribution in [1.82, 2.24) is 19.4 Å². The molecule has 0 aromatic carbocycles. The number of aromatic amines is 1. The number of carbonyl (C=O) groups is 1. The zero-order valence-corrected chi connectivity index (χ0v) is 14.4. The number of hydrogen-bond donors (Lipinski definition) is 1. The molecule has 3 rings (SSSR count). The molecule has 0 aliphatic carbocycles. The van der Waals surface area contributed by atoms with Gasteiger partial charge in [-0.05, 0) is 24.4 Å². The molecule has 0 atom stereocenters. The van der Waals surface area contributed by atoms with Gasteiger partial charge in [0.05, 0.1) is 16.3 Å². The fourth-order valence-corrected chi connectivity index (χ4v) is 4.28. The SMILES string of the molecule is CCS(=O)(=O)N1CCN(C(=O)c2cc(-c3cccs3)[nH]n2)CC1. The smallest absolute Gasteiger partial charge is 0.274 e. The summed E-state index contributed by atoms with van der Waals surface area (Å²) in [5.41, 5.74) is 1.18. The second-order valence-electron chi connectivity index (χ2n) is 5.24. The van der Waals surface area contributed by atoms with E-state index in [1.807, 2.05) is 17.5 Å². The van der Waals surface area contributed by atoms with E-state index in [1.54, 1.807) is 29.2 Å². The van der Waals surface area contributed by atoms with Crippen molar-refractivity contribution in [2.24, 2.45) is 0 Å². The van der Waals surface area contributed by atoms with Crippen molar-refractivity contribution in [3.63, 3.8) is 0 Å². The van der Waals surface area contributed by atoms with Crippen LogP contribution < -0.4 is 0 Å². The summed E-state index contributed by atoms with van der Waals surface area (Å²) in [4.78, 5) is 15.2. The van der Waals surface area contributed by atoms with E-state index in [0.29, 0.717) is 31.9 Å². The van der Waals surface area contributed by atoms with Crippen molar-refractivity contribution >= 4 is 27.3 Å². The molecule has 7 nitrogen and oxygen atoms in total. The topological polar surface area (TPSA) is 86.4 Å². The Kier molecular flexibility index (Phi) is 4.51. The van der Waals surface area contributed by atoms with Gasteiger partial charge in [-0.1, -0.05) is 6.07 Å². The zero-order valence-electron chi connectivity index (χ0n) is 12.7. The number of H-pyrrole nitrogens is 1. The Bertz CT molecular complexity index is 775. The number of piperazine rings is 1. The Morgan fingerprint density at radius 2 is 2.09 bits per heavy atom. The van der Waals surface area contributed by atoms with Crippen molar-refractivity contribution in [1.29, 1.82) is 0 Å². The van der Waals surface area contributed by atoms with Gasteiger partial charge >= 0.3 is 0 Å². The van der Waals surface area contributed by atoms with Gasteiger partial charge in [0.2, 0.25) is 10.0 Å².